The number of hydrogen-bond acceptors (Lipinski definition) is 5. The van der Waals surface area contributed by atoms with E-state index >= 15 is 0 Å². The van der Waals surface area contributed by atoms with Crippen LogP contribution in [0, 0.1) is 12.7 Å². The summed E-state index contributed by atoms with van der Waals surface area (Å²) in [4.78, 5) is 37.0. The zero-order valence-corrected chi connectivity index (χ0v) is 14.9. The highest BCUT2D eigenvalue weighted by Crippen LogP contribution is 2.19. The first-order chi connectivity index (χ1) is 12.8. The van der Waals surface area contributed by atoms with E-state index < -0.39 is 30.2 Å². The van der Waals surface area contributed by atoms with Crippen LogP contribution >= 0.6 is 0 Å². The topological polar surface area (TPSA) is 95.9 Å². The van der Waals surface area contributed by atoms with E-state index in [4.69, 9.17) is 4.74 Å². The second-order valence-electron chi connectivity index (χ2n) is 5.90. The van der Waals surface area contributed by atoms with Crippen LogP contribution < -0.4 is 5.32 Å². The molecule has 0 saturated carbocycles. The van der Waals surface area contributed by atoms with Crippen molar-refractivity contribution in [2.24, 2.45) is 0 Å². The standard InChI is InChI=1S/C19H19FN2O5/c1-12-3-8-16(23)15(9-12)19(26)27-11-18(25)22(2)10-17(24)21-14-6-4-13(20)5-7-14/h3-9,23H,10-11H2,1-2H3,(H,21,24). The van der Waals surface area contributed by atoms with E-state index in [1.165, 1.54) is 43.4 Å². The van der Waals surface area contributed by atoms with Crippen molar-refractivity contribution in [1.29, 1.82) is 0 Å². The number of rotatable bonds is 6. The molecule has 2 aromatic carbocycles. The van der Waals surface area contributed by atoms with Crippen LogP contribution in [-0.2, 0) is 14.3 Å². The number of carbonyl (C=O) groups excluding carboxylic acids is 3. The van der Waals surface area contributed by atoms with Crippen molar-refractivity contribution in [2.75, 3.05) is 25.5 Å². The Labute approximate surface area is 155 Å². The van der Waals surface area contributed by atoms with E-state index in [-0.39, 0.29) is 17.9 Å². The van der Waals surface area contributed by atoms with Gasteiger partial charge in [0.15, 0.2) is 6.61 Å². The van der Waals surface area contributed by atoms with Gasteiger partial charge in [0.1, 0.15) is 17.1 Å². The molecule has 0 aliphatic carbocycles. The third-order valence-corrected chi connectivity index (χ3v) is 3.63. The first-order valence-corrected chi connectivity index (χ1v) is 8.02. The van der Waals surface area contributed by atoms with Crippen molar-refractivity contribution in [1.82, 2.24) is 4.90 Å². The van der Waals surface area contributed by atoms with E-state index in [9.17, 15) is 23.9 Å². The molecule has 2 amide bonds. The van der Waals surface area contributed by atoms with E-state index in [1.54, 1.807) is 13.0 Å². The Morgan fingerprint density at radius 1 is 1.15 bits per heavy atom. The van der Waals surface area contributed by atoms with Crippen LogP contribution in [0.2, 0.25) is 0 Å². The summed E-state index contributed by atoms with van der Waals surface area (Å²) in [6.07, 6.45) is 0. The lowest BCUT2D eigenvalue weighted by molar-refractivity contribution is -0.136. The number of hydrogen-bond donors (Lipinski definition) is 2. The molecule has 0 fully saturated rings. The summed E-state index contributed by atoms with van der Waals surface area (Å²) in [6.45, 7) is 0.894. The molecule has 2 aromatic rings. The van der Waals surface area contributed by atoms with Crippen LogP contribution in [-0.4, -0.2) is 48.0 Å². The van der Waals surface area contributed by atoms with Crippen molar-refractivity contribution in [3.8, 4) is 5.75 Å². The smallest absolute Gasteiger partial charge is 0.342 e. The minimum atomic E-state index is -0.839. The number of anilines is 1. The number of benzene rings is 2. The summed E-state index contributed by atoms with van der Waals surface area (Å²) in [5, 5.41) is 12.2. The number of nitrogens with one attached hydrogen (secondary N) is 1. The second-order valence-corrected chi connectivity index (χ2v) is 5.90. The lowest BCUT2D eigenvalue weighted by Gasteiger charge is -2.17. The zero-order valence-electron chi connectivity index (χ0n) is 14.9. The van der Waals surface area contributed by atoms with Crippen LogP contribution in [0.15, 0.2) is 42.5 Å². The highest BCUT2D eigenvalue weighted by atomic mass is 19.1. The van der Waals surface area contributed by atoms with Gasteiger partial charge >= 0.3 is 5.97 Å². The number of nitrogens with zero attached hydrogens (tertiary/aromatic N) is 1. The van der Waals surface area contributed by atoms with Crippen LogP contribution in [0.25, 0.3) is 0 Å². The molecule has 0 radical (unpaired) electrons. The summed E-state index contributed by atoms with van der Waals surface area (Å²) in [5.74, 6) is -2.59. The van der Waals surface area contributed by atoms with Gasteiger partial charge in [0.2, 0.25) is 5.91 Å². The fourth-order valence-electron chi connectivity index (χ4n) is 2.17. The van der Waals surface area contributed by atoms with E-state index in [2.05, 4.69) is 5.32 Å². The molecule has 7 nitrogen and oxygen atoms in total. The molecule has 0 aliphatic heterocycles. The van der Waals surface area contributed by atoms with Crippen molar-refractivity contribution in [3.63, 3.8) is 0 Å². The molecule has 0 atom stereocenters. The van der Waals surface area contributed by atoms with Gasteiger partial charge in [-0.15, -0.1) is 0 Å². The quantitative estimate of drug-likeness (QED) is 0.755. The lowest BCUT2D eigenvalue weighted by Crippen LogP contribution is -2.37. The Kier molecular flexibility index (Phi) is 6.48. The van der Waals surface area contributed by atoms with Gasteiger partial charge in [-0.3, -0.25) is 9.59 Å². The highest BCUT2D eigenvalue weighted by Gasteiger charge is 2.18. The lowest BCUT2D eigenvalue weighted by atomic mass is 10.1. The maximum absolute atomic E-state index is 12.8. The van der Waals surface area contributed by atoms with Gasteiger partial charge in [0, 0.05) is 12.7 Å². The van der Waals surface area contributed by atoms with Crippen molar-refractivity contribution >= 4 is 23.5 Å². The number of halogens is 1. The summed E-state index contributed by atoms with van der Waals surface area (Å²) in [6, 6.07) is 9.62. The summed E-state index contributed by atoms with van der Waals surface area (Å²) < 4.78 is 17.7. The predicted molar refractivity (Wildman–Crippen MR) is 95.8 cm³/mol. The molecule has 0 aromatic heterocycles. The maximum Gasteiger partial charge on any atom is 0.342 e. The molecule has 142 valence electrons. The monoisotopic (exact) mass is 374 g/mol. The first kappa shape index (κ1) is 19.9. The van der Waals surface area contributed by atoms with Crippen LogP contribution in [0.4, 0.5) is 10.1 Å². The van der Waals surface area contributed by atoms with Gasteiger partial charge in [0.25, 0.3) is 5.91 Å². The van der Waals surface area contributed by atoms with Crippen molar-refractivity contribution in [3.05, 3.63) is 59.4 Å². The molecule has 2 rings (SSSR count). The largest absolute Gasteiger partial charge is 0.507 e. The van der Waals surface area contributed by atoms with Gasteiger partial charge in [0.05, 0.1) is 6.54 Å². The third-order valence-electron chi connectivity index (χ3n) is 3.63. The van der Waals surface area contributed by atoms with Crippen LogP contribution in [0.5, 0.6) is 5.75 Å². The summed E-state index contributed by atoms with van der Waals surface area (Å²) in [7, 11) is 1.38. The zero-order chi connectivity index (χ0) is 20.0. The van der Waals surface area contributed by atoms with Gasteiger partial charge in [-0.1, -0.05) is 11.6 Å². The Bertz CT molecular complexity index is 852. The Morgan fingerprint density at radius 3 is 2.48 bits per heavy atom. The van der Waals surface area contributed by atoms with Gasteiger partial charge < -0.3 is 20.1 Å². The molecule has 0 unspecified atom stereocenters. The second kappa shape index (κ2) is 8.79. The Morgan fingerprint density at radius 2 is 1.81 bits per heavy atom. The number of likely N-dealkylation sites (N-methyl/N-ethyl adjacent to an activating group) is 1. The van der Waals surface area contributed by atoms with E-state index in [0.717, 1.165) is 10.5 Å². The molecule has 0 spiro atoms. The summed E-state index contributed by atoms with van der Waals surface area (Å²) >= 11 is 0. The number of phenolic OH excluding ortho intramolecular Hbond substituents is 1. The van der Waals surface area contributed by atoms with Gasteiger partial charge in [-0.05, 0) is 43.3 Å². The summed E-state index contributed by atoms with van der Waals surface area (Å²) in [5.41, 5.74) is 1.10. The molecule has 8 heteroatoms. The number of aromatic hydroxyl groups is 1. The number of phenols is 1. The number of esters is 1. The molecule has 2 N–H and O–H groups in total. The molecular formula is C19H19FN2O5. The number of ether oxygens (including phenoxy) is 1. The SMILES string of the molecule is Cc1ccc(O)c(C(=O)OCC(=O)N(C)CC(=O)Nc2ccc(F)cc2)c1. The van der Waals surface area contributed by atoms with Crippen molar-refractivity contribution < 1.29 is 28.6 Å². The van der Waals surface area contributed by atoms with Crippen LogP contribution in [0.1, 0.15) is 15.9 Å². The average molecular weight is 374 g/mol. The number of aryl methyl sites for hydroxylation is 1. The molecule has 0 bridgehead atoms. The average Bonchev–Trinajstić information content (AvgIpc) is 2.63. The van der Waals surface area contributed by atoms with Crippen molar-refractivity contribution in [2.45, 2.75) is 6.92 Å². The highest BCUT2D eigenvalue weighted by molar-refractivity contribution is 5.96. The van der Waals surface area contributed by atoms with Crippen LogP contribution in [0.3, 0.4) is 0 Å². The number of amides is 2. The van der Waals surface area contributed by atoms with Gasteiger partial charge in [-0.2, -0.15) is 0 Å². The Balaban J connectivity index is 1.84. The molecular weight excluding hydrogens is 355 g/mol. The Hall–Kier alpha value is -3.42. The molecule has 27 heavy (non-hydrogen) atoms. The normalized spacial score (nSPS) is 10.2. The fourth-order valence-corrected chi connectivity index (χ4v) is 2.17. The van der Waals surface area contributed by atoms with E-state index in [0.29, 0.717) is 5.69 Å². The molecule has 0 aliphatic rings. The maximum atomic E-state index is 12.8. The number of carbonyl (C=O) groups is 3. The minimum Gasteiger partial charge on any atom is -0.507 e. The van der Waals surface area contributed by atoms with E-state index in [1.807, 2.05) is 0 Å². The minimum absolute atomic E-state index is 0.0421. The molecule has 0 heterocycles. The molecule has 0 saturated heterocycles. The first-order valence-electron chi connectivity index (χ1n) is 8.02. The fraction of sp³-hybridized carbons (Fsp3) is 0.211. The third kappa shape index (κ3) is 5.81. The van der Waals surface area contributed by atoms with Gasteiger partial charge in [-0.25, -0.2) is 9.18 Å². The predicted octanol–water partition coefficient (Wildman–Crippen LogP) is 2.09.